The van der Waals surface area contributed by atoms with E-state index >= 15 is 0 Å². The van der Waals surface area contributed by atoms with Crippen molar-refractivity contribution in [3.05, 3.63) is 34.9 Å². The highest BCUT2D eigenvalue weighted by Gasteiger charge is 2.37. The first kappa shape index (κ1) is 32.2. The summed E-state index contributed by atoms with van der Waals surface area (Å²) in [7, 11) is -0.322. The lowest BCUT2D eigenvalue weighted by Crippen LogP contribution is -2.41. The number of esters is 1. The molecule has 0 aliphatic rings. The molecule has 0 fully saturated rings. The summed E-state index contributed by atoms with van der Waals surface area (Å²) in [6, 6.07) is 0. The number of thioether (sulfide) groups is 1. The van der Waals surface area contributed by atoms with Gasteiger partial charge in [-0.05, 0) is 82.2 Å². The second kappa shape index (κ2) is 16.0. The van der Waals surface area contributed by atoms with Gasteiger partial charge in [0, 0.05) is 17.9 Å². The van der Waals surface area contributed by atoms with E-state index in [9.17, 15) is 4.79 Å². The molecular formula is C28H52O3SSi. The van der Waals surface area contributed by atoms with Crippen molar-refractivity contribution < 1.29 is 14.0 Å². The Morgan fingerprint density at radius 3 is 2.18 bits per heavy atom. The third kappa shape index (κ3) is 15.0. The van der Waals surface area contributed by atoms with Crippen LogP contribution in [-0.2, 0) is 14.0 Å². The zero-order valence-corrected chi connectivity index (χ0v) is 25.3. The molecular weight excluding hydrogens is 444 g/mol. The first-order valence-corrected chi connectivity index (χ1v) is 16.5. The van der Waals surface area contributed by atoms with Gasteiger partial charge in [0.1, 0.15) is 0 Å². The minimum atomic E-state index is -1.79. The Morgan fingerprint density at radius 1 is 1.03 bits per heavy atom. The molecule has 0 amide bonds. The van der Waals surface area contributed by atoms with Gasteiger partial charge in [-0.1, -0.05) is 64.0 Å². The van der Waals surface area contributed by atoms with E-state index in [4.69, 9.17) is 9.16 Å². The van der Waals surface area contributed by atoms with E-state index in [2.05, 4.69) is 86.7 Å². The van der Waals surface area contributed by atoms with Crippen LogP contribution in [0.1, 0.15) is 87.5 Å². The molecule has 3 nitrogen and oxygen atoms in total. The lowest BCUT2D eigenvalue weighted by Gasteiger charge is -2.37. The van der Waals surface area contributed by atoms with E-state index in [1.807, 2.05) is 0 Å². The topological polar surface area (TPSA) is 35.5 Å². The van der Waals surface area contributed by atoms with E-state index in [1.54, 1.807) is 11.8 Å². The molecule has 0 bridgehead atoms. The van der Waals surface area contributed by atoms with Crippen LogP contribution in [-0.4, -0.2) is 39.0 Å². The predicted octanol–water partition coefficient (Wildman–Crippen LogP) is 8.73. The van der Waals surface area contributed by atoms with Crippen LogP contribution >= 0.6 is 11.8 Å². The lowest BCUT2D eigenvalue weighted by molar-refractivity contribution is -0.136. The number of carbonyl (C=O) groups is 1. The van der Waals surface area contributed by atoms with Crippen LogP contribution < -0.4 is 0 Å². The van der Waals surface area contributed by atoms with Gasteiger partial charge in [-0.15, -0.1) is 0 Å². The molecule has 0 radical (unpaired) electrons. The number of allylic oxidation sites excluding steroid dienone is 5. The number of carbonyl (C=O) groups excluding carboxylic acids is 1. The van der Waals surface area contributed by atoms with E-state index in [0.29, 0.717) is 16.9 Å². The van der Waals surface area contributed by atoms with E-state index in [0.717, 1.165) is 44.3 Å². The Balaban J connectivity index is 5.26. The maximum absolute atomic E-state index is 12.2. The smallest absolute Gasteiger partial charge is 0.334 e. The van der Waals surface area contributed by atoms with Crippen LogP contribution in [0.15, 0.2) is 34.9 Å². The van der Waals surface area contributed by atoms with Crippen molar-refractivity contribution >= 4 is 26.0 Å². The van der Waals surface area contributed by atoms with Gasteiger partial charge in [0.25, 0.3) is 0 Å². The van der Waals surface area contributed by atoms with Gasteiger partial charge < -0.3 is 9.16 Å². The fourth-order valence-corrected chi connectivity index (χ4v) is 4.79. The summed E-state index contributed by atoms with van der Waals surface area (Å²) in [5, 5.41) is 0.697. The van der Waals surface area contributed by atoms with Crippen molar-refractivity contribution in [2.45, 2.75) is 111 Å². The highest BCUT2D eigenvalue weighted by atomic mass is 32.2. The first-order valence-electron chi connectivity index (χ1n) is 12.5. The van der Waals surface area contributed by atoms with Crippen LogP contribution in [0.25, 0.3) is 0 Å². The summed E-state index contributed by atoms with van der Waals surface area (Å²) in [5.74, 6) is 0.955. The van der Waals surface area contributed by atoms with Gasteiger partial charge in [-0.3, -0.25) is 0 Å². The highest BCUT2D eigenvalue weighted by Crippen LogP contribution is 2.37. The number of rotatable bonds is 15. The molecule has 0 aromatic heterocycles. The van der Waals surface area contributed by atoms with Gasteiger partial charge in [0.2, 0.25) is 0 Å². The molecule has 0 aliphatic heterocycles. The van der Waals surface area contributed by atoms with Crippen LogP contribution in [0.5, 0.6) is 0 Å². The van der Waals surface area contributed by atoms with Crippen molar-refractivity contribution in [1.29, 1.82) is 0 Å². The fraction of sp³-hybridized carbons (Fsp3) is 0.750. The zero-order valence-electron chi connectivity index (χ0n) is 23.5. The SMILES string of the molecule is COC(=O)/C(=C/CC[C@H](C/C=C(\C)CCC=C(C)C)CO[Si](C)(C)C(C)(C)C)CSC(C)C. The molecule has 192 valence electrons. The molecule has 0 unspecified atom stereocenters. The molecule has 0 aliphatic carbocycles. The Bertz CT molecular complexity index is 665. The summed E-state index contributed by atoms with van der Waals surface area (Å²) >= 11 is 1.78. The molecule has 1 atom stereocenters. The maximum Gasteiger partial charge on any atom is 0.334 e. The molecule has 33 heavy (non-hydrogen) atoms. The monoisotopic (exact) mass is 496 g/mol. The molecule has 0 heterocycles. The third-order valence-electron chi connectivity index (χ3n) is 6.36. The third-order valence-corrected chi connectivity index (χ3v) is 12.0. The van der Waals surface area contributed by atoms with Crippen molar-refractivity contribution in [3.8, 4) is 0 Å². The van der Waals surface area contributed by atoms with Gasteiger partial charge in [0.15, 0.2) is 8.32 Å². The second-order valence-electron chi connectivity index (χ2n) is 11.2. The summed E-state index contributed by atoms with van der Waals surface area (Å²) in [6.07, 6.45) is 11.9. The maximum atomic E-state index is 12.2. The molecule has 0 saturated heterocycles. The van der Waals surface area contributed by atoms with Gasteiger partial charge in [-0.25, -0.2) is 4.79 Å². The normalized spacial score (nSPS) is 14.4. The van der Waals surface area contributed by atoms with E-state index < -0.39 is 8.32 Å². The van der Waals surface area contributed by atoms with Crippen LogP contribution in [0.3, 0.4) is 0 Å². The molecule has 5 heteroatoms. The molecule has 0 rings (SSSR count). The molecule has 0 aromatic carbocycles. The van der Waals surface area contributed by atoms with Gasteiger partial charge >= 0.3 is 5.97 Å². The minimum Gasteiger partial charge on any atom is -0.466 e. The number of methoxy groups -OCH3 is 1. The Hall–Kier alpha value is -0.783. The van der Waals surface area contributed by atoms with Gasteiger partial charge in [-0.2, -0.15) is 11.8 Å². The van der Waals surface area contributed by atoms with E-state index in [1.165, 1.54) is 18.3 Å². The number of hydrogen-bond acceptors (Lipinski definition) is 4. The second-order valence-corrected chi connectivity index (χ2v) is 17.6. The first-order chi connectivity index (χ1) is 15.2. The fourth-order valence-electron chi connectivity index (χ4n) is 2.95. The number of ether oxygens (including phenoxy) is 1. The molecule has 0 N–H and O–H groups in total. The highest BCUT2D eigenvalue weighted by molar-refractivity contribution is 8.00. The Kier molecular flexibility index (Phi) is 15.6. The van der Waals surface area contributed by atoms with Crippen LogP contribution in [0, 0.1) is 5.92 Å². The van der Waals surface area contributed by atoms with Gasteiger partial charge in [0.05, 0.1) is 7.11 Å². The summed E-state index contributed by atoms with van der Waals surface area (Å²) in [4.78, 5) is 12.2. The summed E-state index contributed by atoms with van der Waals surface area (Å²) in [6.45, 7) is 23.2. The Labute approximate surface area is 211 Å². The average molecular weight is 497 g/mol. The quantitative estimate of drug-likeness (QED) is 0.0982. The molecule has 0 spiro atoms. The Morgan fingerprint density at radius 2 is 1.67 bits per heavy atom. The van der Waals surface area contributed by atoms with E-state index in [-0.39, 0.29) is 11.0 Å². The average Bonchev–Trinajstić information content (AvgIpc) is 2.69. The largest absolute Gasteiger partial charge is 0.466 e. The lowest BCUT2D eigenvalue weighted by atomic mass is 9.97. The number of hydrogen-bond donors (Lipinski definition) is 0. The van der Waals surface area contributed by atoms with Crippen molar-refractivity contribution in [1.82, 2.24) is 0 Å². The van der Waals surface area contributed by atoms with Crippen molar-refractivity contribution in [3.63, 3.8) is 0 Å². The molecule has 0 saturated carbocycles. The minimum absolute atomic E-state index is 0.202. The summed E-state index contributed by atoms with van der Waals surface area (Å²) < 4.78 is 11.6. The molecule has 0 aromatic rings. The zero-order chi connectivity index (χ0) is 25.7. The van der Waals surface area contributed by atoms with Crippen molar-refractivity contribution in [2.24, 2.45) is 5.92 Å². The van der Waals surface area contributed by atoms with Crippen LogP contribution in [0.4, 0.5) is 0 Å². The van der Waals surface area contributed by atoms with Crippen LogP contribution in [0.2, 0.25) is 18.1 Å². The summed E-state index contributed by atoms with van der Waals surface area (Å²) in [5.41, 5.74) is 3.62. The van der Waals surface area contributed by atoms with Crippen molar-refractivity contribution in [2.75, 3.05) is 19.5 Å². The standard InChI is InChI=1S/C28H52O3SSi/c1-22(2)14-12-15-24(5)18-19-25(20-31-33(10,11)28(6,7)8)16-13-17-26(27(29)30-9)21-32-23(3)4/h14,17-18,23,25H,12-13,15-16,19-21H2,1-11H3/b24-18+,26-17+/t25-/m1/s1. The predicted molar refractivity (Wildman–Crippen MR) is 151 cm³/mol.